The molecule has 0 radical (unpaired) electrons. The van der Waals surface area contributed by atoms with E-state index in [0.29, 0.717) is 0 Å². The Balaban J connectivity index is 1.71. The third-order valence-electron chi connectivity index (χ3n) is 3.28. The number of nitrogens with zero attached hydrogens (tertiary/aromatic N) is 3. The van der Waals surface area contributed by atoms with Crippen LogP contribution in [0.2, 0.25) is 5.15 Å². The van der Waals surface area contributed by atoms with E-state index < -0.39 is 0 Å². The Morgan fingerprint density at radius 1 is 1.39 bits per heavy atom. The summed E-state index contributed by atoms with van der Waals surface area (Å²) in [4.78, 5) is 2.41. The van der Waals surface area contributed by atoms with Crippen molar-refractivity contribution in [1.82, 2.24) is 20.0 Å². The van der Waals surface area contributed by atoms with Gasteiger partial charge in [0.2, 0.25) is 0 Å². The second-order valence-electron chi connectivity index (χ2n) is 4.61. The van der Waals surface area contributed by atoms with Gasteiger partial charge in [-0.2, -0.15) is 5.10 Å². The average molecular weight is 273 g/mol. The molecule has 1 aliphatic heterocycles. The monoisotopic (exact) mass is 272 g/mol. The van der Waals surface area contributed by atoms with Gasteiger partial charge >= 0.3 is 0 Å². The number of hydrogen-bond acceptors (Lipinski definition) is 4. The van der Waals surface area contributed by atoms with Gasteiger partial charge in [-0.25, -0.2) is 0 Å². The van der Waals surface area contributed by atoms with Crippen LogP contribution in [0.1, 0.15) is 11.3 Å². The van der Waals surface area contributed by atoms with Crippen LogP contribution in [0, 0.1) is 6.92 Å². The molecule has 5 nitrogen and oxygen atoms in total. The zero-order valence-electron chi connectivity index (χ0n) is 11.1. The van der Waals surface area contributed by atoms with Crippen molar-refractivity contribution in [1.29, 1.82) is 0 Å². The Morgan fingerprint density at radius 2 is 2.11 bits per heavy atom. The number of aryl methyl sites for hydroxylation is 2. The summed E-state index contributed by atoms with van der Waals surface area (Å²) >= 11 is 6.18. The summed E-state index contributed by atoms with van der Waals surface area (Å²) in [6, 6.07) is 0. The fraction of sp³-hybridized carbons (Fsp3) is 0.750. The molecule has 1 aromatic rings. The van der Waals surface area contributed by atoms with E-state index in [1.54, 1.807) is 4.68 Å². The Kier molecular flexibility index (Phi) is 5.00. The summed E-state index contributed by atoms with van der Waals surface area (Å²) in [5.41, 5.74) is 2.10. The first kappa shape index (κ1) is 13.8. The number of halogens is 1. The lowest BCUT2D eigenvalue weighted by molar-refractivity contribution is 0.0384. The molecule has 2 rings (SSSR count). The molecule has 18 heavy (non-hydrogen) atoms. The van der Waals surface area contributed by atoms with Gasteiger partial charge in [0.1, 0.15) is 5.15 Å². The van der Waals surface area contributed by atoms with E-state index in [4.69, 9.17) is 16.3 Å². The number of ether oxygens (including phenoxy) is 1. The molecule has 0 aromatic carbocycles. The number of hydrogen-bond donors (Lipinski definition) is 1. The van der Waals surface area contributed by atoms with E-state index in [0.717, 1.165) is 62.3 Å². The summed E-state index contributed by atoms with van der Waals surface area (Å²) in [7, 11) is 1.87. The maximum Gasteiger partial charge on any atom is 0.131 e. The van der Waals surface area contributed by atoms with Crippen molar-refractivity contribution >= 4 is 11.6 Å². The van der Waals surface area contributed by atoms with Crippen molar-refractivity contribution < 1.29 is 4.74 Å². The molecule has 1 N–H and O–H groups in total. The highest BCUT2D eigenvalue weighted by atomic mass is 35.5. The summed E-state index contributed by atoms with van der Waals surface area (Å²) in [5, 5.41) is 8.45. The van der Waals surface area contributed by atoms with Gasteiger partial charge in [0.25, 0.3) is 0 Å². The van der Waals surface area contributed by atoms with Crippen LogP contribution in [0.15, 0.2) is 0 Å². The van der Waals surface area contributed by atoms with Gasteiger partial charge in [0, 0.05) is 45.3 Å². The average Bonchev–Trinajstić information content (AvgIpc) is 2.61. The van der Waals surface area contributed by atoms with Gasteiger partial charge in [-0.15, -0.1) is 0 Å². The fourth-order valence-corrected chi connectivity index (χ4v) is 2.39. The van der Waals surface area contributed by atoms with E-state index in [1.807, 2.05) is 14.0 Å². The minimum atomic E-state index is 0.728. The van der Waals surface area contributed by atoms with Gasteiger partial charge in [0.05, 0.1) is 18.9 Å². The van der Waals surface area contributed by atoms with Crippen LogP contribution in [0.5, 0.6) is 0 Å². The second kappa shape index (κ2) is 6.52. The lowest BCUT2D eigenvalue weighted by Crippen LogP contribution is -2.40. The predicted octanol–water partition coefficient (Wildman–Crippen LogP) is 0.804. The molecule has 0 aliphatic carbocycles. The summed E-state index contributed by atoms with van der Waals surface area (Å²) in [6.07, 6.45) is 0. The highest BCUT2D eigenvalue weighted by Gasteiger charge is 2.12. The van der Waals surface area contributed by atoms with E-state index in [1.165, 1.54) is 0 Å². The van der Waals surface area contributed by atoms with Crippen molar-refractivity contribution in [2.45, 2.75) is 13.5 Å². The zero-order chi connectivity index (χ0) is 13.0. The van der Waals surface area contributed by atoms with Crippen LogP contribution in [0.4, 0.5) is 0 Å². The molecular weight excluding hydrogens is 252 g/mol. The molecule has 0 amide bonds. The minimum Gasteiger partial charge on any atom is -0.379 e. The van der Waals surface area contributed by atoms with E-state index in [2.05, 4.69) is 15.3 Å². The zero-order valence-corrected chi connectivity index (χ0v) is 11.8. The molecule has 1 saturated heterocycles. The highest BCUT2D eigenvalue weighted by molar-refractivity contribution is 6.30. The molecule has 0 atom stereocenters. The number of aromatic nitrogens is 2. The summed E-state index contributed by atoms with van der Waals surface area (Å²) in [6.45, 7) is 8.57. The van der Waals surface area contributed by atoms with E-state index in [-0.39, 0.29) is 0 Å². The van der Waals surface area contributed by atoms with Crippen molar-refractivity contribution in [2.24, 2.45) is 7.05 Å². The molecule has 0 bridgehead atoms. The maximum atomic E-state index is 6.18. The molecule has 1 aromatic heterocycles. The largest absolute Gasteiger partial charge is 0.379 e. The van der Waals surface area contributed by atoms with Crippen LogP contribution < -0.4 is 5.32 Å². The number of morpholine rings is 1. The molecule has 0 spiro atoms. The van der Waals surface area contributed by atoms with Crippen LogP contribution in [-0.4, -0.2) is 54.1 Å². The highest BCUT2D eigenvalue weighted by Crippen LogP contribution is 2.17. The molecule has 0 unspecified atom stereocenters. The quantitative estimate of drug-likeness (QED) is 0.806. The molecule has 102 valence electrons. The van der Waals surface area contributed by atoms with Crippen LogP contribution in [0.3, 0.4) is 0 Å². The molecule has 1 aliphatic rings. The topological polar surface area (TPSA) is 42.3 Å². The Labute approximate surface area is 113 Å². The van der Waals surface area contributed by atoms with Crippen LogP contribution in [0.25, 0.3) is 0 Å². The van der Waals surface area contributed by atoms with E-state index in [9.17, 15) is 0 Å². The summed E-state index contributed by atoms with van der Waals surface area (Å²) in [5.74, 6) is 0. The van der Waals surface area contributed by atoms with Gasteiger partial charge in [-0.05, 0) is 6.92 Å². The first-order valence-corrected chi connectivity index (χ1v) is 6.75. The van der Waals surface area contributed by atoms with Gasteiger partial charge in [-0.3, -0.25) is 9.58 Å². The predicted molar refractivity (Wildman–Crippen MR) is 71.9 cm³/mol. The minimum absolute atomic E-state index is 0.728. The fourth-order valence-electron chi connectivity index (χ4n) is 2.15. The van der Waals surface area contributed by atoms with Crippen molar-refractivity contribution in [3.05, 3.63) is 16.4 Å². The van der Waals surface area contributed by atoms with Gasteiger partial charge < -0.3 is 10.1 Å². The molecular formula is C12H21ClN4O. The Hall–Kier alpha value is -0.620. The number of nitrogens with one attached hydrogen (secondary N) is 1. The Morgan fingerprint density at radius 3 is 2.72 bits per heavy atom. The van der Waals surface area contributed by atoms with Crippen LogP contribution in [-0.2, 0) is 18.3 Å². The van der Waals surface area contributed by atoms with E-state index >= 15 is 0 Å². The molecule has 6 heteroatoms. The Bertz CT molecular complexity index is 388. The maximum absolute atomic E-state index is 6.18. The normalized spacial score (nSPS) is 17.3. The lowest BCUT2D eigenvalue weighted by atomic mass is 10.2. The first-order chi connectivity index (χ1) is 8.68. The van der Waals surface area contributed by atoms with Gasteiger partial charge in [-0.1, -0.05) is 11.6 Å². The van der Waals surface area contributed by atoms with Gasteiger partial charge in [0.15, 0.2) is 0 Å². The number of rotatable bonds is 5. The van der Waals surface area contributed by atoms with Crippen molar-refractivity contribution in [2.75, 3.05) is 39.4 Å². The lowest BCUT2D eigenvalue weighted by Gasteiger charge is -2.26. The third-order valence-corrected chi connectivity index (χ3v) is 3.75. The SMILES string of the molecule is Cc1nn(C)c(Cl)c1CNCCN1CCOCC1. The first-order valence-electron chi connectivity index (χ1n) is 6.37. The summed E-state index contributed by atoms with van der Waals surface area (Å²) < 4.78 is 7.04. The standard InChI is InChI=1S/C12H21ClN4O/c1-10-11(12(13)16(2)15-10)9-14-3-4-17-5-7-18-8-6-17/h14H,3-9H2,1-2H3. The van der Waals surface area contributed by atoms with Crippen molar-refractivity contribution in [3.63, 3.8) is 0 Å². The van der Waals surface area contributed by atoms with Crippen LogP contribution >= 0.6 is 11.6 Å². The molecule has 0 saturated carbocycles. The molecule has 1 fully saturated rings. The second-order valence-corrected chi connectivity index (χ2v) is 4.97. The smallest absolute Gasteiger partial charge is 0.131 e. The van der Waals surface area contributed by atoms with Crippen molar-refractivity contribution in [3.8, 4) is 0 Å². The molecule has 2 heterocycles. The third kappa shape index (κ3) is 3.45.